The minimum atomic E-state index is -0.536. The van der Waals surface area contributed by atoms with Crippen LogP contribution in [0.25, 0.3) is 5.95 Å². The Labute approximate surface area is 184 Å². The first-order chi connectivity index (χ1) is 15.4. The highest BCUT2D eigenvalue weighted by Crippen LogP contribution is 2.28. The maximum Gasteiger partial charge on any atom is 0.252 e. The van der Waals surface area contributed by atoms with E-state index in [0.717, 1.165) is 0 Å². The Morgan fingerprint density at radius 3 is 2.84 bits per heavy atom. The molecule has 1 saturated heterocycles. The van der Waals surface area contributed by atoms with Gasteiger partial charge in [-0.2, -0.15) is 9.78 Å². The van der Waals surface area contributed by atoms with E-state index in [0.29, 0.717) is 35.1 Å². The zero-order valence-electron chi connectivity index (χ0n) is 18.1. The number of methoxy groups -OCH3 is 1. The number of aryl methyl sites for hydroxylation is 2. The number of carbonyl (C=O) groups excluding carboxylic acids is 2. The molecule has 3 heterocycles. The van der Waals surface area contributed by atoms with Crippen molar-refractivity contribution in [1.82, 2.24) is 19.7 Å². The second-order valence-electron chi connectivity index (χ2n) is 7.59. The summed E-state index contributed by atoms with van der Waals surface area (Å²) in [5.74, 6) is 0.253. The van der Waals surface area contributed by atoms with Crippen molar-refractivity contribution in [1.29, 1.82) is 0 Å². The Bertz CT molecular complexity index is 1230. The van der Waals surface area contributed by atoms with Gasteiger partial charge in [0.25, 0.3) is 5.56 Å². The van der Waals surface area contributed by atoms with Crippen molar-refractivity contribution >= 4 is 23.3 Å². The molecule has 1 aliphatic rings. The SMILES string of the molecule is CCc1cc(=O)[nH]c(-n2nc(C)cc2NC(=O)[C@@H]2CC(=O)N(c3cccc(OC)c3)C2)n1. The number of hydrogen-bond acceptors (Lipinski definition) is 6. The van der Waals surface area contributed by atoms with Crippen molar-refractivity contribution in [2.45, 2.75) is 26.7 Å². The zero-order chi connectivity index (χ0) is 22.8. The van der Waals surface area contributed by atoms with Crippen LogP contribution in [0.15, 0.2) is 41.2 Å². The zero-order valence-corrected chi connectivity index (χ0v) is 18.1. The molecule has 3 aromatic rings. The van der Waals surface area contributed by atoms with Gasteiger partial charge in [0, 0.05) is 42.5 Å². The Morgan fingerprint density at radius 2 is 2.09 bits per heavy atom. The number of aromatic nitrogens is 4. The first kappa shape index (κ1) is 21.3. The Hall–Kier alpha value is -3.95. The number of H-pyrrole nitrogens is 1. The molecule has 0 saturated carbocycles. The predicted octanol–water partition coefficient (Wildman–Crippen LogP) is 1.83. The molecular weight excluding hydrogens is 412 g/mol. The van der Waals surface area contributed by atoms with Gasteiger partial charge in [0.1, 0.15) is 11.6 Å². The van der Waals surface area contributed by atoms with Crippen LogP contribution in [0.2, 0.25) is 0 Å². The van der Waals surface area contributed by atoms with Crippen LogP contribution >= 0.6 is 0 Å². The van der Waals surface area contributed by atoms with Crippen LogP contribution in [-0.2, 0) is 16.0 Å². The molecule has 166 valence electrons. The summed E-state index contributed by atoms with van der Waals surface area (Å²) in [4.78, 5) is 46.2. The van der Waals surface area contributed by atoms with Gasteiger partial charge in [-0.1, -0.05) is 13.0 Å². The number of nitrogens with one attached hydrogen (secondary N) is 2. The fourth-order valence-corrected chi connectivity index (χ4v) is 3.66. The number of carbonyl (C=O) groups is 2. The highest BCUT2D eigenvalue weighted by atomic mass is 16.5. The molecule has 0 unspecified atom stereocenters. The van der Waals surface area contributed by atoms with Gasteiger partial charge in [-0.25, -0.2) is 4.98 Å². The quantitative estimate of drug-likeness (QED) is 0.608. The summed E-state index contributed by atoms with van der Waals surface area (Å²) in [5, 5.41) is 7.19. The van der Waals surface area contributed by atoms with Gasteiger partial charge in [-0.15, -0.1) is 0 Å². The van der Waals surface area contributed by atoms with Crippen LogP contribution in [0.5, 0.6) is 5.75 Å². The van der Waals surface area contributed by atoms with E-state index in [9.17, 15) is 14.4 Å². The molecule has 0 spiro atoms. The van der Waals surface area contributed by atoms with Crippen molar-refractivity contribution in [2.75, 3.05) is 23.9 Å². The number of benzene rings is 1. The third-order valence-electron chi connectivity index (χ3n) is 5.29. The van der Waals surface area contributed by atoms with Crippen molar-refractivity contribution in [2.24, 2.45) is 5.92 Å². The fraction of sp³-hybridized carbons (Fsp3) is 0.318. The lowest BCUT2D eigenvalue weighted by atomic mass is 10.1. The van der Waals surface area contributed by atoms with Crippen LogP contribution in [0, 0.1) is 12.8 Å². The number of nitrogens with zero attached hydrogens (tertiary/aromatic N) is 4. The molecule has 0 bridgehead atoms. The molecule has 10 nitrogen and oxygen atoms in total. The number of amides is 2. The standard InChI is InChI=1S/C22H24N6O4/c1-4-15-10-19(29)25-22(23-15)28-18(8-13(2)26-28)24-21(31)14-9-20(30)27(12-14)16-6-5-7-17(11-16)32-3/h5-8,10-11,14H,4,9,12H2,1-3H3,(H,24,31)(H,23,25,29)/t14-/m1/s1. The predicted molar refractivity (Wildman–Crippen MR) is 118 cm³/mol. The van der Waals surface area contributed by atoms with E-state index in [1.54, 1.807) is 43.2 Å². The van der Waals surface area contributed by atoms with E-state index < -0.39 is 5.92 Å². The third kappa shape index (κ3) is 4.25. The second kappa shape index (κ2) is 8.66. The first-order valence-electron chi connectivity index (χ1n) is 10.3. The molecule has 2 N–H and O–H groups in total. The monoisotopic (exact) mass is 436 g/mol. The average molecular weight is 436 g/mol. The summed E-state index contributed by atoms with van der Waals surface area (Å²) in [6, 6.07) is 10.3. The smallest absolute Gasteiger partial charge is 0.252 e. The topological polar surface area (TPSA) is 122 Å². The lowest BCUT2D eigenvalue weighted by Crippen LogP contribution is -2.29. The van der Waals surface area contributed by atoms with Crippen LogP contribution in [0.3, 0.4) is 0 Å². The summed E-state index contributed by atoms with van der Waals surface area (Å²) >= 11 is 0. The normalized spacial score (nSPS) is 15.8. The lowest BCUT2D eigenvalue weighted by Gasteiger charge is -2.17. The van der Waals surface area contributed by atoms with Crippen molar-refractivity contribution in [3.05, 3.63) is 58.1 Å². The molecule has 0 aliphatic carbocycles. The number of rotatable bonds is 6. The molecule has 32 heavy (non-hydrogen) atoms. The number of aromatic amines is 1. The summed E-state index contributed by atoms with van der Waals surface area (Å²) in [5.41, 5.74) is 1.64. The van der Waals surface area contributed by atoms with Crippen molar-refractivity contribution in [3.63, 3.8) is 0 Å². The maximum absolute atomic E-state index is 13.0. The lowest BCUT2D eigenvalue weighted by molar-refractivity contribution is -0.122. The Morgan fingerprint density at radius 1 is 1.28 bits per heavy atom. The molecule has 0 radical (unpaired) electrons. The molecular formula is C22H24N6O4. The molecule has 10 heteroatoms. The summed E-state index contributed by atoms with van der Waals surface area (Å²) in [7, 11) is 1.56. The van der Waals surface area contributed by atoms with Crippen LogP contribution in [-0.4, -0.2) is 45.2 Å². The second-order valence-corrected chi connectivity index (χ2v) is 7.59. The van der Waals surface area contributed by atoms with Crippen molar-refractivity contribution < 1.29 is 14.3 Å². The van der Waals surface area contributed by atoms with Crippen LogP contribution < -0.4 is 20.5 Å². The molecule has 2 aromatic heterocycles. The molecule has 1 fully saturated rings. The van der Waals surface area contributed by atoms with E-state index in [-0.39, 0.29) is 36.3 Å². The van der Waals surface area contributed by atoms with Gasteiger partial charge < -0.3 is 15.0 Å². The van der Waals surface area contributed by atoms with E-state index in [4.69, 9.17) is 4.74 Å². The van der Waals surface area contributed by atoms with Gasteiger partial charge in [-0.05, 0) is 25.5 Å². The average Bonchev–Trinajstić information content (AvgIpc) is 3.35. The van der Waals surface area contributed by atoms with Gasteiger partial charge in [0.2, 0.25) is 17.8 Å². The molecule has 1 atom stereocenters. The van der Waals surface area contributed by atoms with Gasteiger partial charge in [-0.3, -0.25) is 19.4 Å². The number of anilines is 2. The van der Waals surface area contributed by atoms with E-state index in [2.05, 4.69) is 20.4 Å². The van der Waals surface area contributed by atoms with E-state index >= 15 is 0 Å². The summed E-state index contributed by atoms with van der Waals surface area (Å²) < 4.78 is 6.62. The highest BCUT2D eigenvalue weighted by molar-refractivity contribution is 6.03. The summed E-state index contributed by atoms with van der Waals surface area (Å²) in [6.45, 7) is 3.93. The summed E-state index contributed by atoms with van der Waals surface area (Å²) in [6.07, 6.45) is 0.680. The van der Waals surface area contributed by atoms with Crippen LogP contribution in [0.4, 0.5) is 11.5 Å². The molecule has 1 aliphatic heterocycles. The fourth-order valence-electron chi connectivity index (χ4n) is 3.66. The number of hydrogen-bond donors (Lipinski definition) is 2. The van der Waals surface area contributed by atoms with Crippen LogP contribution in [0.1, 0.15) is 24.7 Å². The van der Waals surface area contributed by atoms with Gasteiger partial charge >= 0.3 is 0 Å². The Kier molecular flexibility index (Phi) is 5.76. The maximum atomic E-state index is 13.0. The largest absolute Gasteiger partial charge is 0.497 e. The molecule has 4 rings (SSSR count). The van der Waals surface area contributed by atoms with Crippen molar-refractivity contribution in [3.8, 4) is 11.7 Å². The molecule has 2 amide bonds. The Balaban J connectivity index is 1.55. The van der Waals surface area contributed by atoms with E-state index in [1.807, 2.05) is 13.0 Å². The molecule has 1 aromatic carbocycles. The minimum absolute atomic E-state index is 0.0938. The van der Waals surface area contributed by atoms with Gasteiger partial charge in [0.05, 0.1) is 18.7 Å². The number of ether oxygens (including phenoxy) is 1. The van der Waals surface area contributed by atoms with Gasteiger partial charge in [0.15, 0.2) is 0 Å². The third-order valence-corrected chi connectivity index (χ3v) is 5.29. The van der Waals surface area contributed by atoms with E-state index in [1.165, 1.54) is 10.7 Å². The first-order valence-corrected chi connectivity index (χ1v) is 10.3. The highest BCUT2D eigenvalue weighted by Gasteiger charge is 2.35. The minimum Gasteiger partial charge on any atom is -0.497 e.